The van der Waals surface area contributed by atoms with E-state index in [4.69, 9.17) is 4.74 Å². The first kappa shape index (κ1) is 19.3. The minimum absolute atomic E-state index is 0.0265. The Bertz CT molecular complexity index is 1130. The molecule has 1 amide bonds. The maximum absolute atomic E-state index is 13.3. The van der Waals surface area contributed by atoms with E-state index in [0.29, 0.717) is 11.3 Å². The summed E-state index contributed by atoms with van der Waals surface area (Å²) in [6.07, 6.45) is 2.90. The number of aliphatic hydroxyl groups excluding tert-OH is 1. The monoisotopic (exact) mass is 405 g/mol. The lowest BCUT2D eigenvalue weighted by Crippen LogP contribution is -2.31. The Labute approximate surface area is 171 Å². The third-order valence-electron chi connectivity index (χ3n) is 4.76. The number of ether oxygens (including phenoxy) is 1. The summed E-state index contributed by atoms with van der Waals surface area (Å²) < 4.78 is 18.5. The van der Waals surface area contributed by atoms with Gasteiger partial charge < -0.3 is 9.84 Å². The molecule has 1 fully saturated rings. The zero-order valence-corrected chi connectivity index (χ0v) is 15.8. The summed E-state index contributed by atoms with van der Waals surface area (Å²) in [5.41, 5.74) is 0.622. The molecule has 1 aliphatic heterocycles. The van der Waals surface area contributed by atoms with E-state index in [-0.39, 0.29) is 17.1 Å². The first-order valence-electron chi connectivity index (χ1n) is 8.99. The molecule has 0 radical (unpaired) electrons. The van der Waals surface area contributed by atoms with Crippen molar-refractivity contribution in [3.63, 3.8) is 0 Å². The molecule has 1 unspecified atom stereocenters. The average molecular weight is 405 g/mol. The van der Waals surface area contributed by atoms with Crippen LogP contribution < -0.4 is 9.64 Å². The van der Waals surface area contributed by atoms with E-state index in [1.807, 2.05) is 0 Å². The molecule has 150 valence electrons. The number of nitrogens with zero attached hydrogens (tertiary/aromatic N) is 3. The van der Waals surface area contributed by atoms with Gasteiger partial charge in [-0.05, 0) is 48.0 Å². The Morgan fingerprint density at radius 1 is 1.03 bits per heavy atom. The minimum atomic E-state index is -0.969. The Hall–Kier alpha value is -4.07. The number of aliphatic hydroxyl groups is 1. The standard InChI is InChI=1S/C22H16FN3O4/c1-30-16-9-5-13(6-10-16)18-17(19(27)14-3-7-15(23)8-4-14)20(28)21(29)26(18)22-24-11-2-12-25-22/h2-12,18,27H,1H3/b19-17-. The second-order valence-electron chi connectivity index (χ2n) is 6.50. The number of aromatic nitrogens is 2. The molecular formula is C22H16FN3O4. The van der Waals surface area contributed by atoms with Crippen molar-refractivity contribution in [1.82, 2.24) is 9.97 Å². The van der Waals surface area contributed by atoms with E-state index >= 15 is 0 Å². The lowest BCUT2D eigenvalue weighted by Gasteiger charge is -2.23. The Morgan fingerprint density at radius 3 is 2.27 bits per heavy atom. The van der Waals surface area contributed by atoms with Crippen LogP contribution in [0.1, 0.15) is 17.2 Å². The minimum Gasteiger partial charge on any atom is -0.507 e. The highest BCUT2D eigenvalue weighted by Gasteiger charge is 2.48. The van der Waals surface area contributed by atoms with Crippen LogP contribution in [0.2, 0.25) is 0 Å². The third kappa shape index (κ3) is 3.28. The number of hydrogen-bond acceptors (Lipinski definition) is 6. The summed E-state index contributed by atoms with van der Waals surface area (Å²) in [6, 6.07) is 12.3. The first-order valence-corrected chi connectivity index (χ1v) is 8.99. The van der Waals surface area contributed by atoms with Crippen LogP contribution in [-0.2, 0) is 9.59 Å². The number of carbonyl (C=O) groups excluding carboxylic acids is 2. The summed E-state index contributed by atoms with van der Waals surface area (Å²) in [7, 11) is 1.52. The van der Waals surface area contributed by atoms with Crippen LogP contribution in [0.5, 0.6) is 5.75 Å². The topological polar surface area (TPSA) is 92.6 Å². The number of rotatable bonds is 4. The van der Waals surface area contributed by atoms with Gasteiger partial charge >= 0.3 is 5.91 Å². The molecule has 8 heteroatoms. The molecule has 1 atom stereocenters. The number of carbonyl (C=O) groups is 2. The number of hydrogen-bond donors (Lipinski definition) is 1. The summed E-state index contributed by atoms with van der Waals surface area (Å²) in [4.78, 5) is 35.1. The predicted molar refractivity (Wildman–Crippen MR) is 106 cm³/mol. The molecule has 0 spiro atoms. The van der Waals surface area contributed by atoms with Gasteiger partial charge in [-0.1, -0.05) is 12.1 Å². The fraction of sp³-hybridized carbons (Fsp3) is 0.0909. The van der Waals surface area contributed by atoms with E-state index in [9.17, 15) is 19.1 Å². The van der Waals surface area contributed by atoms with Crippen LogP contribution in [-0.4, -0.2) is 33.9 Å². The number of ketones is 1. The van der Waals surface area contributed by atoms with Crippen LogP contribution >= 0.6 is 0 Å². The van der Waals surface area contributed by atoms with Crippen molar-refractivity contribution in [3.8, 4) is 5.75 Å². The molecule has 1 aromatic heterocycles. The highest BCUT2D eigenvalue weighted by Crippen LogP contribution is 2.41. The largest absolute Gasteiger partial charge is 0.507 e. The lowest BCUT2D eigenvalue weighted by atomic mass is 9.95. The summed E-state index contributed by atoms with van der Waals surface area (Å²) >= 11 is 0. The Morgan fingerprint density at radius 2 is 1.67 bits per heavy atom. The number of Topliss-reactive ketones (excluding diaryl/α,β-unsaturated/α-hetero) is 1. The molecule has 30 heavy (non-hydrogen) atoms. The average Bonchev–Trinajstić information content (AvgIpc) is 3.05. The summed E-state index contributed by atoms with van der Waals surface area (Å²) in [5.74, 6) is -2.04. The van der Waals surface area contributed by atoms with Crippen molar-refractivity contribution in [3.05, 3.63) is 89.5 Å². The van der Waals surface area contributed by atoms with Gasteiger partial charge in [0.15, 0.2) is 0 Å². The van der Waals surface area contributed by atoms with Crippen LogP contribution in [0.3, 0.4) is 0 Å². The number of halogens is 1. The number of anilines is 1. The lowest BCUT2D eigenvalue weighted by molar-refractivity contribution is -0.132. The summed E-state index contributed by atoms with van der Waals surface area (Å²) in [6.45, 7) is 0. The van der Waals surface area contributed by atoms with Crippen LogP contribution in [0.4, 0.5) is 10.3 Å². The third-order valence-corrected chi connectivity index (χ3v) is 4.76. The van der Waals surface area contributed by atoms with Crippen molar-refractivity contribution in [2.45, 2.75) is 6.04 Å². The van der Waals surface area contributed by atoms with Crippen molar-refractivity contribution in [1.29, 1.82) is 0 Å². The van der Waals surface area contributed by atoms with Gasteiger partial charge in [0.1, 0.15) is 17.3 Å². The predicted octanol–water partition coefficient (Wildman–Crippen LogP) is 3.25. The zero-order valence-electron chi connectivity index (χ0n) is 15.8. The molecule has 4 rings (SSSR count). The van der Waals surface area contributed by atoms with Crippen molar-refractivity contribution < 1.29 is 23.8 Å². The molecule has 2 heterocycles. The summed E-state index contributed by atoms with van der Waals surface area (Å²) in [5, 5.41) is 10.9. The van der Waals surface area contributed by atoms with Gasteiger partial charge in [-0.25, -0.2) is 14.4 Å². The number of amides is 1. The highest BCUT2D eigenvalue weighted by atomic mass is 19.1. The number of benzene rings is 2. The molecule has 1 aliphatic rings. The molecule has 2 aromatic carbocycles. The maximum atomic E-state index is 13.3. The number of methoxy groups -OCH3 is 1. The molecule has 1 saturated heterocycles. The second kappa shape index (κ2) is 7.75. The van der Waals surface area contributed by atoms with Crippen LogP contribution in [0.25, 0.3) is 5.76 Å². The molecule has 1 N–H and O–H groups in total. The van der Waals surface area contributed by atoms with E-state index in [1.165, 1.54) is 31.6 Å². The van der Waals surface area contributed by atoms with Crippen molar-refractivity contribution in [2.75, 3.05) is 12.0 Å². The van der Waals surface area contributed by atoms with Gasteiger partial charge in [-0.2, -0.15) is 0 Å². The molecule has 7 nitrogen and oxygen atoms in total. The molecular weight excluding hydrogens is 389 g/mol. The van der Waals surface area contributed by atoms with Gasteiger partial charge in [0.2, 0.25) is 5.95 Å². The van der Waals surface area contributed by atoms with E-state index < -0.39 is 29.3 Å². The van der Waals surface area contributed by atoms with Gasteiger partial charge in [0, 0.05) is 18.0 Å². The smallest absolute Gasteiger partial charge is 0.302 e. The maximum Gasteiger partial charge on any atom is 0.302 e. The molecule has 0 saturated carbocycles. The Balaban J connectivity index is 1.92. The van der Waals surface area contributed by atoms with Crippen molar-refractivity contribution in [2.24, 2.45) is 0 Å². The first-order chi connectivity index (χ1) is 14.5. The van der Waals surface area contributed by atoms with E-state index in [2.05, 4.69) is 9.97 Å². The quantitative estimate of drug-likeness (QED) is 0.407. The molecule has 0 aliphatic carbocycles. The van der Waals surface area contributed by atoms with Gasteiger partial charge in [0.25, 0.3) is 5.78 Å². The van der Waals surface area contributed by atoms with Gasteiger partial charge in [-0.15, -0.1) is 0 Å². The fourth-order valence-corrected chi connectivity index (χ4v) is 3.32. The van der Waals surface area contributed by atoms with Crippen LogP contribution in [0, 0.1) is 5.82 Å². The van der Waals surface area contributed by atoms with E-state index in [0.717, 1.165) is 17.0 Å². The molecule has 3 aromatic rings. The van der Waals surface area contributed by atoms with Gasteiger partial charge in [-0.3, -0.25) is 14.5 Å². The molecule has 0 bridgehead atoms. The second-order valence-corrected chi connectivity index (χ2v) is 6.50. The van der Waals surface area contributed by atoms with E-state index in [1.54, 1.807) is 30.3 Å². The van der Waals surface area contributed by atoms with Gasteiger partial charge in [0.05, 0.1) is 18.7 Å². The van der Waals surface area contributed by atoms with Crippen LogP contribution in [0.15, 0.2) is 72.6 Å². The van der Waals surface area contributed by atoms with Crippen molar-refractivity contribution >= 4 is 23.4 Å². The SMILES string of the molecule is COc1ccc(C2/C(=C(/O)c3ccc(F)cc3)C(=O)C(=O)N2c2ncccn2)cc1. The fourth-order valence-electron chi connectivity index (χ4n) is 3.32. The normalized spacial score (nSPS) is 17.9. The highest BCUT2D eigenvalue weighted by molar-refractivity contribution is 6.51. The zero-order chi connectivity index (χ0) is 21.3. The Kier molecular flexibility index (Phi) is 4.97.